The molecule has 0 aliphatic rings. The van der Waals surface area contributed by atoms with Crippen LogP contribution in [0.25, 0.3) is 111 Å². The van der Waals surface area contributed by atoms with Crippen molar-refractivity contribution in [3.63, 3.8) is 0 Å². The molecule has 0 saturated carbocycles. The van der Waals surface area contributed by atoms with Crippen molar-refractivity contribution < 1.29 is 0 Å². The summed E-state index contributed by atoms with van der Waals surface area (Å²) >= 11 is 0. The standard InChI is InChI=1S/C61H35N7/c62-36-39-9-7-11-45(31-39)55-35-56(66-61(65-55)46-12-8-10-40(32-46)37-63)50-29-25-44(33-47(50)38-64)43-21-19-41(20-22-43)42-23-26-48(27-24-42)67-59-18-6-3-15-53(59)54-34-49(28-30-60(54)67)68-57-16-4-1-13-51(57)52-14-2-5-17-58(52)68/h1-35H. The van der Waals surface area contributed by atoms with E-state index in [1.54, 1.807) is 30.3 Å². The van der Waals surface area contributed by atoms with E-state index in [9.17, 15) is 15.8 Å². The molecule has 68 heavy (non-hydrogen) atoms. The average Bonchev–Trinajstić information content (AvgIpc) is 3.93. The van der Waals surface area contributed by atoms with E-state index >= 15 is 0 Å². The van der Waals surface area contributed by atoms with Gasteiger partial charge >= 0.3 is 0 Å². The maximum absolute atomic E-state index is 10.5. The lowest BCUT2D eigenvalue weighted by molar-refractivity contribution is 1.17. The third-order valence-corrected chi connectivity index (χ3v) is 12.9. The molecule has 0 amide bonds. The molecule has 0 fully saturated rings. The number of hydrogen-bond acceptors (Lipinski definition) is 5. The molecular weight excluding hydrogens is 831 g/mol. The molecule has 0 aliphatic carbocycles. The summed E-state index contributed by atoms with van der Waals surface area (Å²) in [6.45, 7) is 0. The number of rotatable bonds is 7. The van der Waals surface area contributed by atoms with Gasteiger partial charge in [-0.15, -0.1) is 0 Å². The van der Waals surface area contributed by atoms with Gasteiger partial charge in [-0.1, -0.05) is 127 Å². The molecule has 0 saturated heterocycles. The first kappa shape index (κ1) is 39.7. The fourth-order valence-electron chi connectivity index (χ4n) is 9.61. The van der Waals surface area contributed by atoms with Crippen LogP contribution in [0, 0.1) is 34.0 Å². The minimum absolute atomic E-state index is 0.411. The molecule has 0 unspecified atom stereocenters. The van der Waals surface area contributed by atoms with E-state index < -0.39 is 0 Å². The van der Waals surface area contributed by atoms with Gasteiger partial charge in [-0.05, 0) is 107 Å². The van der Waals surface area contributed by atoms with Gasteiger partial charge in [-0.3, -0.25) is 0 Å². The fourth-order valence-corrected chi connectivity index (χ4v) is 9.61. The van der Waals surface area contributed by atoms with Crippen molar-refractivity contribution in [3.05, 3.63) is 229 Å². The zero-order valence-corrected chi connectivity index (χ0v) is 36.3. The molecule has 0 radical (unpaired) electrons. The van der Waals surface area contributed by atoms with Crippen LogP contribution in [0.2, 0.25) is 0 Å². The van der Waals surface area contributed by atoms with E-state index in [1.807, 2.05) is 42.5 Å². The van der Waals surface area contributed by atoms with Gasteiger partial charge in [-0.2, -0.15) is 15.8 Å². The Morgan fingerprint density at radius 3 is 1.43 bits per heavy atom. The molecular formula is C61H35N7. The van der Waals surface area contributed by atoms with Crippen LogP contribution in [0.1, 0.15) is 16.7 Å². The zero-order chi connectivity index (χ0) is 45.7. The van der Waals surface area contributed by atoms with E-state index in [0.29, 0.717) is 45.0 Å². The summed E-state index contributed by atoms with van der Waals surface area (Å²) in [4.78, 5) is 9.77. The molecule has 0 bridgehead atoms. The molecule has 12 rings (SSSR count). The Kier molecular flexibility index (Phi) is 9.51. The average molecular weight is 866 g/mol. The van der Waals surface area contributed by atoms with Crippen LogP contribution in [-0.4, -0.2) is 19.1 Å². The van der Waals surface area contributed by atoms with E-state index in [2.05, 4.69) is 167 Å². The topological polar surface area (TPSA) is 107 Å². The summed E-state index contributed by atoms with van der Waals surface area (Å²) in [6.07, 6.45) is 0. The highest BCUT2D eigenvalue weighted by molar-refractivity contribution is 6.12. The molecule has 7 heteroatoms. The van der Waals surface area contributed by atoms with Crippen LogP contribution in [-0.2, 0) is 0 Å². The number of aromatic nitrogens is 4. The van der Waals surface area contributed by atoms with Crippen LogP contribution < -0.4 is 0 Å². The summed E-state index contributed by atoms with van der Waals surface area (Å²) in [5.74, 6) is 0.411. The summed E-state index contributed by atoms with van der Waals surface area (Å²) < 4.78 is 4.73. The first-order valence-electron chi connectivity index (χ1n) is 22.2. The monoisotopic (exact) mass is 865 g/mol. The first-order valence-corrected chi connectivity index (χ1v) is 22.2. The second-order valence-corrected chi connectivity index (χ2v) is 16.8. The van der Waals surface area contributed by atoms with Gasteiger partial charge in [-0.25, -0.2) is 9.97 Å². The number of fused-ring (bicyclic) bond motifs is 6. The highest BCUT2D eigenvalue weighted by Gasteiger charge is 2.18. The van der Waals surface area contributed by atoms with Crippen molar-refractivity contribution in [2.75, 3.05) is 0 Å². The van der Waals surface area contributed by atoms with Gasteiger partial charge < -0.3 is 9.13 Å². The lowest BCUT2D eigenvalue weighted by atomic mass is 9.95. The number of nitrogens with zero attached hydrogens (tertiary/aromatic N) is 7. The van der Waals surface area contributed by atoms with Gasteiger partial charge in [0.05, 0.1) is 68.4 Å². The molecule has 314 valence electrons. The fraction of sp³-hybridized carbons (Fsp3) is 0. The number of para-hydroxylation sites is 3. The lowest BCUT2D eigenvalue weighted by Crippen LogP contribution is -1.98. The smallest absolute Gasteiger partial charge is 0.160 e. The zero-order valence-electron chi connectivity index (χ0n) is 36.3. The maximum atomic E-state index is 10.5. The van der Waals surface area contributed by atoms with E-state index in [-0.39, 0.29) is 0 Å². The Morgan fingerprint density at radius 2 is 0.809 bits per heavy atom. The summed E-state index contributed by atoms with van der Waals surface area (Å²) in [7, 11) is 0. The molecule has 0 spiro atoms. The molecule has 3 heterocycles. The molecule has 9 aromatic carbocycles. The third kappa shape index (κ3) is 6.74. The van der Waals surface area contributed by atoms with Crippen LogP contribution >= 0.6 is 0 Å². The van der Waals surface area contributed by atoms with Crippen molar-refractivity contribution in [3.8, 4) is 85.7 Å². The molecule has 0 aliphatic heterocycles. The predicted octanol–water partition coefficient (Wildman–Crippen LogP) is 14.6. The van der Waals surface area contributed by atoms with Crippen LogP contribution in [0.15, 0.2) is 212 Å². The van der Waals surface area contributed by atoms with Crippen molar-refractivity contribution >= 4 is 43.6 Å². The van der Waals surface area contributed by atoms with Gasteiger partial charge in [0, 0.05) is 49.6 Å². The molecule has 7 nitrogen and oxygen atoms in total. The Bertz CT molecular complexity index is 3990. The highest BCUT2D eigenvalue weighted by atomic mass is 15.0. The normalized spacial score (nSPS) is 11.2. The highest BCUT2D eigenvalue weighted by Crippen LogP contribution is 2.38. The Hall–Kier alpha value is -9.87. The minimum atomic E-state index is 0.411. The van der Waals surface area contributed by atoms with Gasteiger partial charge in [0.1, 0.15) is 0 Å². The van der Waals surface area contributed by atoms with Crippen molar-refractivity contribution in [2.24, 2.45) is 0 Å². The van der Waals surface area contributed by atoms with Crippen LogP contribution in [0.4, 0.5) is 0 Å². The third-order valence-electron chi connectivity index (χ3n) is 12.9. The Morgan fingerprint density at radius 1 is 0.324 bits per heavy atom. The van der Waals surface area contributed by atoms with Crippen LogP contribution in [0.3, 0.4) is 0 Å². The lowest BCUT2D eigenvalue weighted by Gasteiger charge is -2.12. The second-order valence-electron chi connectivity index (χ2n) is 16.8. The molecule has 12 aromatic rings. The summed E-state index contributed by atoms with van der Waals surface area (Å²) in [6, 6.07) is 78.7. The van der Waals surface area contributed by atoms with E-state index in [4.69, 9.17) is 9.97 Å². The molecule has 3 aromatic heterocycles. The number of hydrogen-bond donors (Lipinski definition) is 0. The summed E-state index contributed by atoms with van der Waals surface area (Å²) in [5.41, 5.74) is 15.6. The van der Waals surface area contributed by atoms with Gasteiger partial charge in [0.15, 0.2) is 5.82 Å². The quantitative estimate of drug-likeness (QED) is 0.159. The van der Waals surface area contributed by atoms with Gasteiger partial charge in [0.25, 0.3) is 0 Å². The predicted molar refractivity (Wildman–Crippen MR) is 272 cm³/mol. The number of nitriles is 3. The van der Waals surface area contributed by atoms with Crippen molar-refractivity contribution in [1.82, 2.24) is 19.1 Å². The first-order chi connectivity index (χ1) is 33.5. The molecule has 0 atom stereocenters. The van der Waals surface area contributed by atoms with E-state index in [1.165, 1.54) is 32.6 Å². The second kappa shape index (κ2) is 16.3. The van der Waals surface area contributed by atoms with Crippen molar-refractivity contribution in [1.29, 1.82) is 15.8 Å². The largest absolute Gasteiger partial charge is 0.309 e. The molecule has 0 N–H and O–H groups in total. The minimum Gasteiger partial charge on any atom is -0.309 e. The van der Waals surface area contributed by atoms with Crippen molar-refractivity contribution in [2.45, 2.75) is 0 Å². The Balaban J connectivity index is 0.857. The number of benzene rings is 9. The van der Waals surface area contributed by atoms with Crippen LogP contribution in [0.5, 0.6) is 0 Å². The Labute approximate surface area is 391 Å². The van der Waals surface area contributed by atoms with E-state index in [0.717, 1.165) is 50.2 Å². The summed E-state index contributed by atoms with van der Waals surface area (Å²) in [5, 5.41) is 34.6. The SMILES string of the molecule is N#Cc1cccc(-c2cc(-c3ccc(-c4ccc(-c5ccc(-n6c7ccccc7c7cc(-n8c9ccccc9c9ccccc98)ccc76)cc5)cc4)cc3C#N)nc(-c3cccc(C#N)c3)n2)c1. The van der Waals surface area contributed by atoms with Gasteiger partial charge in [0.2, 0.25) is 0 Å². The maximum Gasteiger partial charge on any atom is 0.160 e.